The average molecular weight is 245 g/mol. The molecular formula is C13H15N3O2. The van der Waals surface area contributed by atoms with Crippen LogP contribution in [0, 0.1) is 0 Å². The van der Waals surface area contributed by atoms with Crippen molar-refractivity contribution in [2.24, 2.45) is 5.84 Å². The first-order chi connectivity index (χ1) is 8.78. The van der Waals surface area contributed by atoms with Gasteiger partial charge in [0.2, 0.25) is 0 Å². The van der Waals surface area contributed by atoms with Gasteiger partial charge >= 0.3 is 0 Å². The number of hydrogen-bond acceptors (Lipinski definition) is 5. The quantitative estimate of drug-likeness (QED) is 0.637. The molecule has 5 nitrogen and oxygen atoms in total. The van der Waals surface area contributed by atoms with Crippen LogP contribution in [-0.4, -0.2) is 19.2 Å². The van der Waals surface area contributed by atoms with Gasteiger partial charge in [-0.15, -0.1) is 0 Å². The van der Waals surface area contributed by atoms with Gasteiger partial charge in [-0.2, -0.15) is 0 Å². The molecule has 2 aromatic rings. The minimum absolute atomic E-state index is 0.734. The Hall–Kier alpha value is -2.27. The van der Waals surface area contributed by atoms with Gasteiger partial charge in [-0.3, -0.25) is 10.8 Å². The van der Waals surface area contributed by atoms with Gasteiger partial charge in [0, 0.05) is 11.8 Å². The molecule has 0 aliphatic carbocycles. The first kappa shape index (κ1) is 12.2. The normalized spacial score (nSPS) is 9.94. The Bertz CT molecular complexity index is 544. The number of nitrogens with two attached hydrogens (primary N) is 1. The Kier molecular flexibility index (Phi) is 3.64. The van der Waals surface area contributed by atoms with Crippen molar-refractivity contribution >= 4 is 5.69 Å². The molecule has 0 amide bonds. The molecule has 0 spiro atoms. The summed E-state index contributed by atoms with van der Waals surface area (Å²) in [5, 5.41) is 0. The van der Waals surface area contributed by atoms with Crippen molar-refractivity contribution in [3.63, 3.8) is 0 Å². The zero-order chi connectivity index (χ0) is 13.0. The molecule has 1 heterocycles. The summed E-state index contributed by atoms with van der Waals surface area (Å²) < 4.78 is 10.5. The number of anilines is 1. The number of pyridine rings is 1. The van der Waals surface area contributed by atoms with Crippen molar-refractivity contribution in [2.45, 2.75) is 0 Å². The van der Waals surface area contributed by atoms with Crippen LogP contribution in [0.1, 0.15) is 0 Å². The molecule has 0 bridgehead atoms. The minimum Gasteiger partial charge on any atom is -0.497 e. The Labute approximate surface area is 106 Å². The Morgan fingerprint density at radius 2 is 1.94 bits per heavy atom. The lowest BCUT2D eigenvalue weighted by Crippen LogP contribution is -2.06. The lowest BCUT2D eigenvalue weighted by molar-refractivity contribution is 0.404. The maximum Gasteiger partial charge on any atom is 0.128 e. The maximum atomic E-state index is 5.39. The van der Waals surface area contributed by atoms with E-state index in [2.05, 4.69) is 10.4 Å². The summed E-state index contributed by atoms with van der Waals surface area (Å²) in [4.78, 5) is 4.31. The van der Waals surface area contributed by atoms with Crippen molar-refractivity contribution in [1.29, 1.82) is 0 Å². The summed E-state index contributed by atoms with van der Waals surface area (Å²) in [7, 11) is 3.24. The molecular weight excluding hydrogens is 230 g/mol. The van der Waals surface area contributed by atoms with Gasteiger partial charge in [-0.25, -0.2) is 0 Å². The zero-order valence-electron chi connectivity index (χ0n) is 10.3. The number of hydrogen-bond donors (Lipinski definition) is 2. The van der Waals surface area contributed by atoms with Crippen molar-refractivity contribution in [2.75, 3.05) is 19.6 Å². The number of hydrazine groups is 1. The van der Waals surface area contributed by atoms with Crippen LogP contribution in [-0.2, 0) is 0 Å². The highest BCUT2D eigenvalue weighted by molar-refractivity contribution is 5.71. The number of benzene rings is 1. The molecule has 0 radical (unpaired) electrons. The van der Waals surface area contributed by atoms with Crippen LogP contribution >= 0.6 is 0 Å². The molecule has 1 aromatic heterocycles. The van der Waals surface area contributed by atoms with Crippen molar-refractivity contribution in [3.8, 4) is 22.8 Å². The van der Waals surface area contributed by atoms with E-state index < -0.39 is 0 Å². The third kappa shape index (κ3) is 2.36. The summed E-state index contributed by atoms with van der Waals surface area (Å²) in [5.41, 5.74) is 4.99. The maximum absolute atomic E-state index is 5.39. The van der Waals surface area contributed by atoms with E-state index in [4.69, 9.17) is 15.3 Å². The number of aromatic nitrogens is 1. The SMILES string of the molecule is COc1ccc(OC)c(-c2cc(NN)ccn2)c1. The monoisotopic (exact) mass is 245 g/mol. The number of nitrogens with zero attached hydrogens (tertiary/aromatic N) is 1. The smallest absolute Gasteiger partial charge is 0.128 e. The topological polar surface area (TPSA) is 69.4 Å². The number of ether oxygens (including phenoxy) is 2. The van der Waals surface area contributed by atoms with Crippen LogP contribution in [0.5, 0.6) is 11.5 Å². The highest BCUT2D eigenvalue weighted by Crippen LogP contribution is 2.32. The molecule has 0 aliphatic heterocycles. The Balaban J connectivity index is 2.53. The number of methoxy groups -OCH3 is 2. The van der Waals surface area contributed by atoms with Gasteiger partial charge in [-0.1, -0.05) is 0 Å². The molecule has 0 unspecified atom stereocenters. The molecule has 0 saturated heterocycles. The molecule has 0 atom stereocenters. The van der Waals surface area contributed by atoms with Crippen molar-refractivity contribution < 1.29 is 9.47 Å². The second-order valence-electron chi connectivity index (χ2n) is 3.64. The fourth-order valence-electron chi connectivity index (χ4n) is 1.68. The fourth-order valence-corrected chi connectivity index (χ4v) is 1.68. The van der Waals surface area contributed by atoms with Crippen molar-refractivity contribution in [3.05, 3.63) is 36.5 Å². The number of rotatable bonds is 4. The highest BCUT2D eigenvalue weighted by Gasteiger charge is 2.09. The van der Waals surface area contributed by atoms with Gasteiger partial charge in [-0.05, 0) is 30.3 Å². The molecule has 1 aromatic carbocycles. The third-order valence-electron chi connectivity index (χ3n) is 2.61. The minimum atomic E-state index is 0.734. The standard InChI is InChI=1S/C13H15N3O2/c1-17-10-3-4-13(18-2)11(8-10)12-7-9(16-14)5-6-15-12/h3-8H,14H2,1-2H3,(H,15,16). The highest BCUT2D eigenvalue weighted by atomic mass is 16.5. The van der Waals surface area contributed by atoms with Gasteiger partial charge in [0.05, 0.1) is 25.6 Å². The molecule has 0 aliphatic rings. The molecule has 0 fully saturated rings. The molecule has 5 heteroatoms. The molecule has 18 heavy (non-hydrogen) atoms. The Morgan fingerprint density at radius 3 is 2.61 bits per heavy atom. The van der Waals surface area contributed by atoms with E-state index in [1.807, 2.05) is 24.3 Å². The summed E-state index contributed by atoms with van der Waals surface area (Å²) in [6.45, 7) is 0. The largest absolute Gasteiger partial charge is 0.497 e. The molecule has 2 rings (SSSR count). The first-order valence-corrected chi connectivity index (χ1v) is 5.43. The van der Waals surface area contributed by atoms with E-state index in [0.717, 1.165) is 28.4 Å². The number of nitrogens with one attached hydrogen (secondary N) is 1. The second kappa shape index (κ2) is 5.37. The van der Waals surface area contributed by atoms with Crippen LogP contribution in [0.4, 0.5) is 5.69 Å². The van der Waals surface area contributed by atoms with Gasteiger partial charge < -0.3 is 14.9 Å². The van der Waals surface area contributed by atoms with Crippen LogP contribution in [0.2, 0.25) is 0 Å². The van der Waals surface area contributed by atoms with E-state index in [9.17, 15) is 0 Å². The van der Waals surface area contributed by atoms with Gasteiger partial charge in [0.25, 0.3) is 0 Å². The predicted molar refractivity (Wildman–Crippen MR) is 70.6 cm³/mol. The van der Waals surface area contributed by atoms with E-state index >= 15 is 0 Å². The third-order valence-corrected chi connectivity index (χ3v) is 2.61. The summed E-state index contributed by atoms with van der Waals surface area (Å²) in [5.74, 6) is 6.87. The lowest BCUT2D eigenvalue weighted by Gasteiger charge is -2.10. The number of nitrogen functional groups attached to an aromatic ring is 1. The summed E-state index contributed by atoms with van der Waals surface area (Å²) in [6.07, 6.45) is 1.68. The van der Waals surface area contributed by atoms with Crippen LogP contribution in [0.3, 0.4) is 0 Å². The molecule has 94 valence electrons. The van der Waals surface area contributed by atoms with E-state index in [1.165, 1.54) is 0 Å². The summed E-state index contributed by atoms with van der Waals surface area (Å²) in [6, 6.07) is 9.20. The van der Waals surface area contributed by atoms with E-state index in [-0.39, 0.29) is 0 Å². The Morgan fingerprint density at radius 1 is 1.11 bits per heavy atom. The fraction of sp³-hybridized carbons (Fsp3) is 0.154. The first-order valence-electron chi connectivity index (χ1n) is 5.43. The lowest BCUT2D eigenvalue weighted by atomic mass is 10.1. The summed E-state index contributed by atoms with van der Waals surface area (Å²) >= 11 is 0. The molecule has 3 N–H and O–H groups in total. The van der Waals surface area contributed by atoms with E-state index in [1.54, 1.807) is 26.5 Å². The van der Waals surface area contributed by atoms with Crippen LogP contribution < -0.4 is 20.7 Å². The van der Waals surface area contributed by atoms with E-state index in [0.29, 0.717) is 0 Å². The van der Waals surface area contributed by atoms with Crippen molar-refractivity contribution in [1.82, 2.24) is 4.98 Å². The zero-order valence-corrected chi connectivity index (χ0v) is 10.3. The van der Waals surface area contributed by atoms with Crippen LogP contribution in [0.15, 0.2) is 36.5 Å². The molecule has 0 saturated carbocycles. The van der Waals surface area contributed by atoms with Crippen LogP contribution in [0.25, 0.3) is 11.3 Å². The average Bonchev–Trinajstić information content (AvgIpc) is 2.46. The predicted octanol–water partition coefficient (Wildman–Crippen LogP) is 2.05. The second-order valence-corrected chi connectivity index (χ2v) is 3.64. The van der Waals surface area contributed by atoms with Gasteiger partial charge in [0.15, 0.2) is 0 Å². The van der Waals surface area contributed by atoms with Gasteiger partial charge in [0.1, 0.15) is 11.5 Å².